The standard InChI is InChI=1S/C19H24FN3O2/c1-22-9-7-21-18(22)10-14-4-3-8-23(12-14)13-16-6-5-15(11-17(16)20)19(24)25-2/h5-7,9,11,14H,3-4,8,10,12-13H2,1-2H3/t14-/m0/s1. The molecular formula is C19H24FN3O2. The van der Waals surface area contributed by atoms with Gasteiger partial charge in [0.05, 0.1) is 12.7 Å². The number of carbonyl (C=O) groups excluding carboxylic acids is 1. The van der Waals surface area contributed by atoms with Gasteiger partial charge in [0.1, 0.15) is 11.6 Å². The fourth-order valence-corrected chi connectivity index (χ4v) is 3.47. The van der Waals surface area contributed by atoms with Gasteiger partial charge in [-0.05, 0) is 37.4 Å². The zero-order valence-corrected chi connectivity index (χ0v) is 14.7. The third-order valence-electron chi connectivity index (χ3n) is 4.86. The van der Waals surface area contributed by atoms with E-state index >= 15 is 0 Å². The molecule has 25 heavy (non-hydrogen) atoms. The van der Waals surface area contributed by atoms with Gasteiger partial charge in [-0.2, -0.15) is 0 Å². The lowest BCUT2D eigenvalue weighted by Gasteiger charge is -2.32. The van der Waals surface area contributed by atoms with Gasteiger partial charge in [0, 0.05) is 44.5 Å². The lowest BCUT2D eigenvalue weighted by atomic mass is 9.94. The first-order chi connectivity index (χ1) is 12.1. The van der Waals surface area contributed by atoms with Crippen LogP contribution in [-0.2, 0) is 24.8 Å². The van der Waals surface area contributed by atoms with E-state index in [1.807, 2.05) is 19.4 Å². The number of aryl methyl sites for hydroxylation is 1. The fraction of sp³-hybridized carbons (Fsp3) is 0.474. The first kappa shape index (κ1) is 17.6. The Morgan fingerprint density at radius 2 is 2.28 bits per heavy atom. The number of imidazole rings is 1. The van der Waals surface area contributed by atoms with Crippen molar-refractivity contribution in [3.05, 3.63) is 53.4 Å². The van der Waals surface area contributed by atoms with Gasteiger partial charge in [-0.3, -0.25) is 4.90 Å². The first-order valence-electron chi connectivity index (χ1n) is 8.62. The van der Waals surface area contributed by atoms with Crippen LogP contribution in [0.15, 0.2) is 30.6 Å². The molecule has 134 valence electrons. The Bertz CT molecular complexity index is 744. The highest BCUT2D eigenvalue weighted by Crippen LogP contribution is 2.23. The van der Waals surface area contributed by atoms with Crippen molar-refractivity contribution in [3.8, 4) is 0 Å². The number of rotatable bonds is 5. The minimum Gasteiger partial charge on any atom is -0.465 e. The van der Waals surface area contributed by atoms with Gasteiger partial charge in [-0.25, -0.2) is 14.2 Å². The number of hydrogen-bond acceptors (Lipinski definition) is 4. The number of likely N-dealkylation sites (tertiary alicyclic amines) is 1. The Morgan fingerprint density at radius 3 is 2.96 bits per heavy atom. The molecule has 1 aliphatic heterocycles. The zero-order chi connectivity index (χ0) is 17.8. The summed E-state index contributed by atoms with van der Waals surface area (Å²) in [4.78, 5) is 18.2. The van der Waals surface area contributed by atoms with Crippen LogP contribution in [0.5, 0.6) is 0 Å². The van der Waals surface area contributed by atoms with Crippen molar-refractivity contribution in [2.24, 2.45) is 13.0 Å². The highest BCUT2D eigenvalue weighted by atomic mass is 19.1. The number of piperidine rings is 1. The van der Waals surface area contributed by atoms with Crippen LogP contribution in [0.2, 0.25) is 0 Å². The predicted octanol–water partition coefficient (Wildman–Crippen LogP) is 2.80. The van der Waals surface area contributed by atoms with Gasteiger partial charge in [0.25, 0.3) is 0 Å². The molecule has 0 amide bonds. The van der Waals surface area contributed by atoms with Gasteiger partial charge in [-0.1, -0.05) is 6.07 Å². The van der Waals surface area contributed by atoms with Gasteiger partial charge in [-0.15, -0.1) is 0 Å². The molecule has 0 spiro atoms. The van der Waals surface area contributed by atoms with E-state index in [1.54, 1.807) is 12.1 Å². The summed E-state index contributed by atoms with van der Waals surface area (Å²) in [6, 6.07) is 4.57. The number of benzene rings is 1. The monoisotopic (exact) mass is 345 g/mol. The number of ether oxygens (including phenoxy) is 1. The summed E-state index contributed by atoms with van der Waals surface area (Å²) < 4.78 is 21.0. The molecule has 0 saturated carbocycles. The van der Waals surface area contributed by atoms with Gasteiger partial charge < -0.3 is 9.30 Å². The molecule has 2 heterocycles. The van der Waals surface area contributed by atoms with Crippen LogP contribution in [0.4, 0.5) is 4.39 Å². The van der Waals surface area contributed by atoms with Crippen molar-refractivity contribution in [2.45, 2.75) is 25.8 Å². The van der Waals surface area contributed by atoms with Crippen molar-refractivity contribution >= 4 is 5.97 Å². The van der Waals surface area contributed by atoms with Crippen LogP contribution < -0.4 is 0 Å². The molecule has 1 atom stereocenters. The van der Waals surface area contributed by atoms with Crippen LogP contribution in [0.3, 0.4) is 0 Å². The van der Waals surface area contributed by atoms with E-state index in [2.05, 4.69) is 19.2 Å². The van der Waals surface area contributed by atoms with E-state index in [9.17, 15) is 9.18 Å². The third kappa shape index (κ3) is 4.25. The molecule has 1 fully saturated rings. The van der Waals surface area contributed by atoms with Crippen molar-refractivity contribution in [1.29, 1.82) is 0 Å². The molecule has 1 aliphatic rings. The van der Waals surface area contributed by atoms with E-state index in [-0.39, 0.29) is 11.4 Å². The summed E-state index contributed by atoms with van der Waals surface area (Å²) in [5, 5.41) is 0. The van der Waals surface area contributed by atoms with E-state index in [1.165, 1.54) is 19.6 Å². The molecule has 5 nitrogen and oxygen atoms in total. The van der Waals surface area contributed by atoms with Crippen LogP contribution in [0.1, 0.15) is 34.6 Å². The number of carbonyl (C=O) groups is 1. The molecule has 0 radical (unpaired) electrons. The maximum Gasteiger partial charge on any atom is 0.337 e. The zero-order valence-electron chi connectivity index (χ0n) is 14.7. The molecule has 0 unspecified atom stereocenters. The van der Waals surface area contributed by atoms with Crippen molar-refractivity contribution < 1.29 is 13.9 Å². The highest BCUT2D eigenvalue weighted by molar-refractivity contribution is 5.89. The Balaban J connectivity index is 1.62. The summed E-state index contributed by atoms with van der Waals surface area (Å²) in [6.07, 6.45) is 7.02. The quantitative estimate of drug-likeness (QED) is 0.782. The second-order valence-corrected chi connectivity index (χ2v) is 6.70. The molecule has 2 aromatic rings. The van der Waals surface area contributed by atoms with Gasteiger partial charge in [0.2, 0.25) is 0 Å². The summed E-state index contributed by atoms with van der Waals surface area (Å²) >= 11 is 0. The molecule has 0 bridgehead atoms. The summed E-state index contributed by atoms with van der Waals surface area (Å²) in [5.41, 5.74) is 0.861. The Morgan fingerprint density at radius 1 is 1.44 bits per heavy atom. The Kier molecular flexibility index (Phi) is 5.48. The molecular weight excluding hydrogens is 321 g/mol. The minimum absolute atomic E-state index is 0.245. The maximum atomic E-state index is 14.3. The average molecular weight is 345 g/mol. The minimum atomic E-state index is -0.515. The summed E-state index contributed by atoms with van der Waals surface area (Å²) in [7, 11) is 3.31. The Hall–Kier alpha value is -2.21. The molecule has 0 N–H and O–H groups in total. The smallest absolute Gasteiger partial charge is 0.337 e. The number of hydrogen-bond donors (Lipinski definition) is 0. The molecule has 6 heteroatoms. The number of methoxy groups -OCH3 is 1. The highest BCUT2D eigenvalue weighted by Gasteiger charge is 2.22. The van der Waals surface area contributed by atoms with Crippen molar-refractivity contribution in [1.82, 2.24) is 14.5 Å². The second kappa shape index (κ2) is 7.78. The van der Waals surface area contributed by atoms with E-state index < -0.39 is 5.97 Å². The summed E-state index contributed by atoms with van der Waals surface area (Å²) in [6.45, 7) is 2.46. The predicted molar refractivity (Wildman–Crippen MR) is 92.7 cm³/mol. The topological polar surface area (TPSA) is 47.4 Å². The number of nitrogens with zero attached hydrogens (tertiary/aromatic N) is 3. The van der Waals surface area contributed by atoms with Crippen LogP contribution in [0.25, 0.3) is 0 Å². The average Bonchev–Trinajstić information content (AvgIpc) is 3.01. The van der Waals surface area contributed by atoms with Crippen molar-refractivity contribution in [2.75, 3.05) is 20.2 Å². The molecule has 0 aliphatic carbocycles. The third-order valence-corrected chi connectivity index (χ3v) is 4.86. The number of halogens is 1. The number of esters is 1. The van der Waals surface area contributed by atoms with Gasteiger partial charge >= 0.3 is 5.97 Å². The van der Waals surface area contributed by atoms with Crippen LogP contribution >= 0.6 is 0 Å². The maximum absolute atomic E-state index is 14.3. The largest absolute Gasteiger partial charge is 0.465 e. The molecule has 1 saturated heterocycles. The van der Waals surface area contributed by atoms with Crippen LogP contribution in [-0.4, -0.2) is 40.6 Å². The van der Waals surface area contributed by atoms with Gasteiger partial charge in [0.15, 0.2) is 0 Å². The molecule has 1 aromatic carbocycles. The van der Waals surface area contributed by atoms with Crippen molar-refractivity contribution in [3.63, 3.8) is 0 Å². The van der Waals surface area contributed by atoms with E-state index in [0.717, 1.165) is 31.8 Å². The molecule has 1 aromatic heterocycles. The lowest BCUT2D eigenvalue weighted by Crippen LogP contribution is -2.36. The van der Waals surface area contributed by atoms with E-state index in [4.69, 9.17) is 0 Å². The normalized spacial score (nSPS) is 18.3. The second-order valence-electron chi connectivity index (χ2n) is 6.70. The first-order valence-corrected chi connectivity index (χ1v) is 8.62. The summed E-state index contributed by atoms with van der Waals surface area (Å²) in [5.74, 6) is 0.764. The van der Waals surface area contributed by atoms with E-state index in [0.29, 0.717) is 18.0 Å². The number of aromatic nitrogens is 2. The lowest BCUT2D eigenvalue weighted by molar-refractivity contribution is 0.0600. The molecule has 3 rings (SSSR count). The fourth-order valence-electron chi connectivity index (χ4n) is 3.47. The Labute approximate surface area is 147 Å². The SMILES string of the molecule is COC(=O)c1ccc(CN2CCC[C@@H](Cc3nccn3C)C2)c(F)c1. The van der Waals surface area contributed by atoms with Crippen LogP contribution in [0, 0.1) is 11.7 Å².